The smallest absolute Gasteiger partial charge is 0.373 e. The Labute approximate surface area is 397 Å². The molecule has 18 heteroatoms. The van der Waals surface area contributed by atoms with E-state index in [4.69, 9.17) is 53.6 Å². The molecule has 0 saturated carbocycles. The van der Waals surface area contributed by atoms with Gasteiger partial charge in [-0.1, -0.05) is 100.0 Å². The van der Waals surface area contributed by atoms with Crippen molar-refractivity contribution in [2.24, 2.45) is 0 Å². The maximum Gasteiger partial charge on any atom is 0.373 e. The molecule has 0 aliphatic carbocycles. The second-order valence-corrected chi connectivity index (χ2v) is 18.4. The topological polar surface area (TPSA) is 210 Å². The molecule has 0 aliphatic heterocycles. The van der Waals surface area contributed by atoms with Gasteiger partial charge in [0.15, 0.2) is 17.8 Å². The Morgan fingerprint density at radius 1 is 0.689 bits per heavy atom. The van der Waals surface area contributed by atoms with Crippen LogP contribution in [0.2, 0.25) is 19.6 Å². The molecule has 3 aromatic heterocycles. The summed E-state index contributed by atoms with van der Waals surface area (Å²) < 4.78 is 17.4. The maximum atomic E-state index is 9.77. The van der Waals surface area contributed by atoms with Crippen molar-refractivity contribution >= 4 is 122 Å². The lowest BCUT2D eigenvalue weighted by molar-refractivity contribution is -0.193. The quantitative estimate of drug-likeness (QED) is 0.0974. The molecular weight excluding hydrogens is 1120 g/mol. The van der Waals surface area contributed by atoms with Crippen LogP contribution in [0.25, 0.3) is 6.08 Å². The van der Waals surface area contributed by atoms with Crippen molar-refractivity contribution in [1.82, 2.24) is 0 Å². The number of halogens is 4. The molecule has 330 valence electrons. The number of terminal acetylenes is 1. The summed E-state index contributed by atoms with van der Waals surface area (Å²) in [5, 5.41) is 0. The molecule has 3 heterocycles. The van der Waals surface area contributed by atoms with Gasteiger partial charge < -0.3 is 18.0 Å². The largest absolute Gasteiger partial charge is 0.465 e. The first-order valence-electron chi connectivity index (χ1n) is 16.8. The third kappa shape index (κ3) is 107. The molecule has 13 nitrogen and oxygen atoms in total. The van der Waals surface area contributed by atoms with Crippen LogP contribution >= 0.6 is 70.4 Å². The predicted molar refractivity (Wildman–Crippen MR) is 252 cm³/mol. The van der Waals surface area contributed by atoms with Gasteiger partial charge in [-0.25, -0.2) is 0 Å². The number of rotatable bonds is 6. The molecule has 3 aromatic rings. The number of furan rings is 3. The van der Waals surface area contributed by atoms with E-state index < -0.39 is 8.07 Å². The number of carbonyl (C=O) groups excluding carboxylic acids is 10. The zero-order valence-electron chi connectivity index (χ0n) is 34.6. The van der Waals surface area contributed by atoms with Gasteiger partial charge in [-0.15, -0.1) is 12.0 Å². The highest BCUT2D eigenvalue weighted by molar-refractivity contribution is 14.1. The van der Waals surface area contributed by atoms with Crippen molar-refractivity contribution in [3.63, 3.8) is 0 Å². The molecule has 0 unspecified atom stereocenters. The Bertz CT molecular complexity index is 1750. The van der Waals surface area contributed by atoms with Gasteiger partial charge in [-0.3, -0.25) is 4.79 Å². The summed E-state index contributed by atoms with van der Waals surface area (Å²) in [4.78, 5) is 86.5. The van der Waals surface area contributed by atoms with Gasteiger partial charge in [0, 0.05) is 28.4 Å². The van der Waals surface area contributed by atoms with Crippen molar-refractivity contribution in [1.29, 1.82) is 0 Å². The van der Waals surface area contributed by atoms with Crippen LogP contribution in [0.5, 0.6) is 0 Å². The van der Waals surface area contributed by atoms with Crippen LogP contribution in [0.15, 0.2) is 106 Å². The van der Waals surface area contributed by atoms with Crippen LogP contribution in [-0.2, 0) is 43.2 Å². The molecule has 0 saturated heterocycles. The predicted octanol–water partition coefficient (Wildman–Crippen LogP) is 11.5. The molecule has 0 aromatic carbocycles. The van der Waals surface area contributed by atoms with Gasteiger partial charge in [-0.2, -0.15) is 38.4 Å². The van der Waals surface area contributed by atoms with E-state index in [0.29, 0.717) is 24.2 Å². The van der Waals surface area contributed by atoms with Gasteiger partial charge in [0.1, 0.15) is 20.1 Å². The van der Waals surface area contributed by atoms with E-state index in [9.17, 15) is 9.59 Å². The number of hydrogen-bond acceptors (Lipinski definition) is 13. The summed E-state index contributed by atoms with van der Waals surface area (Å²) in [5.41, 5.74) is 3.26. The number of hydrogen-bond donors (Lipinski definition) is 0. The molecule has 0 spiro atoms. The lowest BCUT2D eigenvalue weighted by Crippen LogP contribution is -2.16. The Kier molecular flexibility index (Phi) is 86.9. The standard InChI is InChI=1S/C9H16Si.C6H4Br2O.C6H3BrO.C6H8.C5H4O2.C4H7I.C3H6O.4CO2/c1-5-6-7-8-9-10(2,3)4;7-6(8)4-5-2-1-3-9-5;7-4-3-6-2-1-5-8-6;1-3-5-6-4-2;6-4-5-2-1-3-7-5;1-2-3-4-5;1-2-3-4;4*2-1-3/h6-7H,5H2,1-4H3;1-4H;1-2,5H;1,5-6H,4H2,2H3;1-4H;3-4H,2H2,1H3;3H,2H2,1H3;;;;/b7-6-;;;6-5-;;4-3-;;;;;. The van der Waals surface area contributed by atoms with Crippen molar-refractivity contribution < 1.29 is 61.2 Å². The van der Waals surface area contributed by atoms with E-state index in [2.05, 4.69) is 149 Å². The van der Waals surface area contributed by atoms with Crippen molar-refractivity contribution in [2.75, 3.05) is 0 Å². The minimum atomic E-state index is -1.12. The van der Waals surface area contributed by atoms with Crippen LogP contribution < -0.4 is 0 Å². The van der Waals surface area contributed by atoms with Crippen LogP contribution in [-0.4, -0.2) is 45.3 Å². The van der Waals surface area contributed by atoms with Gasteiger partial charge in [0.2, 0.25) is 0 Å². The maximum absolute atomic E-state index is 9.77. The molecule has 0 bridgehead atoms. The second-order valence-electron chi connectivity index (χ2n) is 9.76. The lowest BCUT2D eigenvalue weighted by Gasteiger charge is -2.01. The summed E-state index contributed by atoms with van der Waals surface area (Å²) in [6.45, 7) is 14.8. The molecule has 61 heavy (non-hydrogen) atoms. The normalized spacial score (nSPS) is 7.77. The van der Waals surface area contributed by atoms with Gasteiger partial charge in [0.05, 0.1) is 22.2 Å². The zero-order chi connectivity index (χ0) is 48.9. The van der Waals surface area contributed by atoms with E-state index in [1.807, 2.05) is 48.3 Å². The van der Waals surface area contributed by atoms with Crippen LogP contribution in [0.4, 0.5) is 0 Å². The number of carbonyl (C=O) groups is 2. The fourth-order valence-electron chi connectivity index (χ4n) is 1.95. The minimum absolute atomic E-state index is 0.250. The zero-order valence-corrected chi connectivity index (χ0v) is 42.5. The summed E-state index contributed by atoms with van der Waals surface area (Å²) in [6, 6.07) is 10.6. The summed E-state index contributed by atoms with van der Waals surface area (Å²) in [6.07, 6.45) is 27.7. The molecule has 0 atom stereocenters. The van der Waals surface area contributed by atoms with E-state index in [0.717, 1.165) is 34.7 Å². The average Bonchev–Trinajstić information content (AvgIpc) is 4.04. The van der Waals surface area contributed by atoms with E-state index in [1.54, 1.807) is 42.9 Å². The molecule has 0 fully saturated rings. The van der Waals surface area contributed by atoms with E-state index in [1.165, 1.54) is 6.26 Å². The first-order valence-corrected chi connectivity index (χ1v) is 23.9. The monoisotopic (exact) mass is 1160 g/mol. The third-order valence-corrected chi connectivity index (χ3v) is 6.03. The first-order chi connectivity index (χ1) is 29.1. The summed E-state index contributed by atoms with van der Waals surface area (Å²) in [5.74, 6) is 10.0. The minimum Gasteiger partial charge on any atom is -0.465 e. The second kappa shape index (κ2) is 72.4. The van der Waals surface area contributed by atoms with Crippen LogP contribution in [0.3, 0.4) is 0 Å². The fraction of sp³-hybridized carbons (Fsp3) is 0.256. The van der Waals surface area contributed by atoms with Gasteiger partial charge in [0.25, 0.3) is 0 Å². The third-order valence-electron chi connectivity index (χ3n) is 3.97. The Balaban J connectivity index is -0.0000000868. The average molecular weight is 1170 g/mol. The number of aldehydes is 2. The Morgan fingerprint density at radius 3 is 1.33 bits per heavy atom. The summed E-state index contributed by atoms with van der Waals surface area (Å²) >= 11 is 11.6. The number of allylic oxidation sites excluding steroid dienone is 5. The van der Waals surface area contributed by atoms with Gasteiger partial charge >= 0.3 is 24.6 Å². The molecular formula is C43H48Br3IO13Si. The summed E-state index contributed by atoms with van der Waals surface area (Å²) in [7, 11) is -1.12. The van der Waals surface area contributed by atoms with Crippen LogP contribution in [0, 0.1) is 34.6 Å². The van der Waals surface area contributed by atoms with Gasteiger partial charge in [-0.05, 0) is 115 Å². The van der Waals surface area contributed by atoms with E-state index >= 15 is 0 Å². The lowest BCUT2D eigenvalue weighted by atomic mass is 10.4. The van der Waals surface area contributed by atoms with Crippen molar-refractivity contribution in [3.05, 3.63) is 110 Å². The Hall–Kier alpha value is -5.27. The highest BCUT2D eigenvalue weighted by Gasteiger charge is 2.06. The van der Waals surface area contributed by atoms with E-state index in [-0.39, 0.29) is 24.6 Å². The van der Waals surface area contributed by atoms with Crippen molar-refractivity contribution in [2.45, 2.75) is 73.0 Å². The highest BCUT2D eigenvalue weighted by Crippen LogP contribution is 2.17. The highest BCUT2D eigenvalue weighted by atomic mass is 127. The molecule has 0 amide bonds. The molecule has 0 N–H and O–H groups in total. The molecule has 0 aliphatic rings. The molecule has 0 radical (unpaired) electrons. The first kappa shape index (κ1) is 73.3. The Morgan fingerprint density at radius 2 is 1.10 bits per heavy atom. The molecule has 3 rings (SSSR count). The fourth-order valence-corrected chi connectivity index (χ4v) is 3.62. The SMILES string of the molecule is BrC#Cc1ccco1.BrC(Br)=Cc1ccco1.C#C/C=C\CC.CC/C=C\C#C[Si](C)(C)C.CC/C=C\I.CCC=O.O=C=O.O=C=O.O=C=O.O=C=O.O=Cc1ccco1. The van der Waals surface area contributed by atoms with Crippen molar-refractivity contribution in [3.8, 4) is 34.6 Å². The van der Waals surface area contributed by atoms with Crippen LogP contribution in [0.1, 0.15) is 75.5 Å².